The number of imidazole rings is 1. The Morgan fingerprint density at radius 3 is 2.82 bits per heavy atom. The van der Waals surface area contributed by atoms with Crippen LogP contribution in [0.1, 0.15) is 22.9 Å². The van der Waals surface area contributed by atoms with E-state index in [0.29, 0.717) is 35.9 Å². The van der Waals surface area contributed by atoms with Gasteiger partial charge in [-0.3, -0.25) is 4.57 Å². The number of carbonyl (C=O) groups is 1. The van der Waals surface area contributed by atoms with E-state index in [2.05, 4.69) is 36.9 Å². The van der Waals surface area contributed by atoms with Crippen LogP contribution in [0.15, 0.2) is 72.9 Å². The lowest BCUT2D eigenvalue weighted by molar-refractivity contribution is -0.152. The van der Waals surface area contributed by atoms with Crippen molar-refractivity contribution in [1.29, 1.82) is 0 Å². The summed E-state index contributed by atoms with van der Waals surface area (Å²) in [5, 5.41) is 26.8. The highest BCUT2D eigenvalue weighted by atomic mass is 16.6. The van der Waals surface area contributed by atoms with Gasteiger partial charge in [0.1, 0.15) is 30.8 Å². The summed E-state index contributed by atoms with van der Waals surface area (Å²) in [7, 11) is 0. The number of aliphatic hydroxyl groups excluding tert-OH is 1. The van der Waals surface area contributed by atoms with Crippen molar-refractivity contribution in [2.24, 2.45) is 5.11 Å². The summed E-state index contributed by atoms with van der Waals surface area (Å²) < 4.78 is 13.0. The van der Waals surface area contributed by atoms with Gasteiger partial charge in [0, 0.05) is 17.0 Å². The number of carboxylic acids is 1. The number of nitrogens with zero attached hydrogens (tertiary/aromatic N) is 7. The van der Waals surface area contributed by atoms with Crippen LogP contribution < -0.4 is 10.1 Å². The van der Waals surface area contributed by atoms with Crippen LogP contribution in [0.5, 0.6) is 5.75 Å². The summed E-state index contributed by atoms with van der Waals surface area (Å²) in [6.07, 6.45) is 0.285. The maximum atomic E-state index is 11.6. The Morgan fingerprint density at radius 1 is 1.26 bits per heavy atom. The first-order valence-corrected chi connectivity index (χ1v) is 11.9. The third kappa shape index (κ3) is 5.22. The Morgan fingerprint density at radius 2 is 2.08 bits per heavy atom. The van der Waals surface area contributed by atoms with Gasteiger partial charge in [-0.25, -0.2) is 19.7 Å². The highest BCUT2D eigenvalue weighted by Gasteiger charge is 2.48. The van der Waals surface area contributed by atoms with Crippen molar-refractivity contribution in [3.05, 3.63) is 94.9 Å². The topological polar surface area (TPSA) is 180 Å². The van der Waals surface area contributed by atoms with Gasteiger partial charge in [0.25, 0.3) is 0 Å². The van der Waals surface area contributed by atoms with E-state index in [9.17, 15) is 15.0 Å². The predicted molar refractivity (Wildman–Crippen MR) is 140 cm³/mol. The fourth-order valence-electron chi connectivity index (χ4n) is 4.37. The SMILES string of the molecule is C=Cc1ccc(OCc2ccccc2)c(CNc2ncnc3c2ncn3[C@@H]2O[C@H](C(=O)O)[C@@H](N=[N+]=[N-])[C@H]2O)c1. The van der Waals surface area contributed by atoms with Gasteiger partial charge in [-0.2, -0.15) is 0 Å². The third-order valence-corrected chi connectivity index (χ3v) is 6.30. The summed E-state index contributed by atoms with van der Waals surface area (Å²) in [6.45, 7) is 4.59. The molecule has 198 valence electrons. The van der Waals surface area contributed by atoms with Crippen LogP contribution in [0.3, 0.4) is 0 Å². The Bertz CT molecular complexity index is 1550. The van der Waals surface area contributed by atoms with Crippen LogP contribution in [0.4, 0.5) is 5.82 Å². The second-order valence-electron chi connectivity index (χ2n) is 8.72. The number of benzene rings is 2. The number of aliphatic carboxylic acids is 1. The quantitative estimate of drug-likeness (QED) is 0.157. The standard InChI is InChI=1S/C26H24N8O5/c1-2-15-8-9-18(38-12-16-6-4-3-5-7-16)17(10-15)11-28-23-20-24(30-13-29-23)34(14-31-20)25-21(35)19(32-33-27)22(39-25)26(36)37/h2-10,13-14,19,21-22,25,35H,1,11-12H2,(H,36,37)(H,28,29,30)/t19-,21+,22-,25+/m0/s1. The fraction of sp³-hybridized carbons (Fsp3) is 0.231. The molecular formula is C26H24N8O5. The van der Waals surface area contributed by atoms with Crippen molar-refractivity contribution in [3.8, 4) is 5.75 Å². The third-order valence-electron chi connectivity index (χ3n) is 6.30. The molecule has 0 bridgehead atoms. The zero-order valence-corrected chi connectivity index (χ0v) is 20.5. The van der Waals surface area contributed by atoms with Gasteiger partial charge >= 0.3 is 5.97 Å². The van der Waals surface area contributed by atoms with Crippen molar-refractivity contribution in [3.63, 3.8) is 0 Å². The van der Waals surface area contributed by atoms with Gasteiger partial charge in [0.2, 0.25) is 0 Å². The van der Waals surface area contributed by atoms with E-state index in [4.69, 9.17) is 15.0 Å². The molecule has 4 aromatic rings. The fourth-order valence-corrected chi connectivity index (χ4v) is 4.37. The number of azide groups is 1. The van der Waals surface area contributed by atoms with Crippen LogP contribution in [-0.4, -0.2) is 54.0 Å². The first-order valence-electron chi connectivity index (χ1n) is 11.9. The Balaban J connectivity index is 1.39. The minimum atomic E-state index is -1.52. The number of carboxylic acid groups (broad SMARTS) is 1. The summed E-state index contributed by atoms with van der Waals surface area (Å²) in [5.41, 5.74) is 12.3. The van der Waals surface area contributed by atoms with E-state index < -0.39 is 30.4 Å². The molecule has 0 spiro atoms. The molecule has 1 aliphatic heterocycles. The molecule has 13 heteroatoms. The number of aliphatic hydroxyl groups is 1. The maximum absolute atomic E-state index is 11.6. The number of nitrogens with one attached hydrogen (secondary N) is 1. The lowest BCUT2D eigenvalue weighted by atomic mass is 10.1. The molecule has 3 N–H and O–H groups in total. The Kier molecular flexibility index (Phi) is 7.37. The molecule has 3 heterocycles. The second-order valence-corrected chi connectivity index (χ2v) is 8.72. The van der Waals surface area contributed by atoms with Crippen molar-refractivity contribution in [2.75, 3.05) is 5.32 Å². The first-order chi connectivity index (χ1) is 19.0. The minimum Gasteiger partial charge on any atom is -0.489 e. The highest BCUT2D eigenvalue weighted by molar-refractivity contribution is 5.83. The van der Waals surface area contributed by atoms with Gasteiger partial charge in [0.15, 0.2) is 29.3 Å². The van der Waals surface area contributed by atoms with Crippen LogP contribution >= 0.6 is 0 Å². The lowest BCUT2D eigenvalue weighted by Crippen LogP contribution is -2.34. The summed E-state index contributed by atoms with van der Waals surface area (Å²) in [5.74, 6) is -0.257. The normalized spacial score (nSPS) is 20.3. The largest absolute Gasteiger partial charge is 0.489 e. The average molecular weight is 529 g/mol. The summed E-state index contributed by atoms with van der Waals surface area (Å²) in [6, 6.07) is 14.3. The van der Waals surface area contributed by atoms with Crippen LogP contribution in [0, 0.1) is 0 Å². The molecule has 2 aromatic carbocycles. The monoisotopic (exact) mass is 528 g/mol. The Hall–Kier alpha value is -4.97. The van der Waals surface area contributed by atoms with Crippen molar-refractivity contribution in [2.45, 2.75) is 37.6 Å². The number of aromatic nitrogens is 4. The van der Waals surface area contributed by atoms with Crippen LogP contribution in [0.25, 0.3) is 27.7 Å². The molecule has 0 unspecified atom stereocenters. The number of rotatable bonds is 10. The van der Waals surface area contributed by atoms with E-state index in [1.165, 1.54) is 17.2 Å². The zero-order valence-electron chi connectivity index (χ0n) is 20.5. The van der Waals surface area contributed by atoms with Crippen molar-refractivity contribution < 1.29 is 24.5 Å². The van der Waals surface area contributed by atoms with E-state index >= 15 is 0 Å². The molecule has 0 saturated carbocycles. The second kappa shape index (κ2) is 11.2. The molecular weight excluding hydrogens is 504 g/mol. The van der Waals surface area contributed by atoms with Gasteiger partial charge in [-0.15, -0.1) is 0 Å². The van der Waals surface area contributed by atoms with E-state index in [0.717, 1.165) is 16.7 Å². The molecule has 0 amide bonds. The predicted octanol–water partition coefficient (Wildman–Crippen LogP) is 3.68. The molecule has 1 aliphatic rings. The molecule has 1 saturated heterocycles. The number of hydrogen-bond acceptors (Lipinski definition) is 9. The van der Waals surface area contributed by atoms with Gasteiger partial charge in [-0.1, -0.05) is 54.2 Å². The van der Waals surface area contributed by atoms with E-state index in [1.54, 1.807) is 6.08 Å². The van der Waals surface area contributed by atoms with E-state index in [1.807, 2.05) is 48.5 Å². The van der Waals surface area contributed by atoms with Crippen molar-refractivity contribution >= 4 is 29.0 Å². The smallest absolute Gasteiger partial charge is 0.333 e. The molecule has 5 rings (SSSR count). The molecule has 39 heavy (non-hydrogen) atoms. The number of anilines is 1. The number of ether oxygens (including phenoxy) is 2. The van der Waals surface area contributed by atoms with Crippen molar-refractivity contribution in [1.82, 2.24) is 19.5 Å². The van der Waals surface area contributed by atoms with Crippen LogP contribution in [-0.2, 0) is 22.7 Å². The molecule has 1 fully saturated rings. The van der Waals surface area contributed by atoms with E-state index in [-0.39, 0.29) is 0 Å². The maximum Gasteiger partial charge on any atom is 0.333 e. The average Bonchev–Trinajstić information content (AvgIpc) is 3.53. The molecule has 13 nitrogen and oxygen atoms in total. The van der Waals surface area contributed by atoms with Gasteiger partial charge < -0.3 is 25.0 Å². The molecule has 0 radical (unpaired) electrons. The highest BCUT2D eigenvalue weighted by Crippen LogP contribution is 2.34. The number of hydrogen-bond donors (Lipinski definition) is 3. The summed E-state index contributed by atoms with van der Waals surface area (Å²) in [4.78, 5) is 27.2. The first kappa shape index (κ1) is 25.7. The molecule has 4 atom stereocenters. The lowest BCUT2D eigenvalue weighted by Gasteiger charge is -2.17. The number of fused-ring (bicyclic) bond motifs is 1. The van der Waals surface area contributed by atoms with Gasteiger partial charge in [-0.05, 0) is 28.8 Å². The van der Waals surface area contributed by atoms with Gasteiger partial charge in [0.05, 0.1) is 6.33 Å². The van der Waals surface area contributed by atoms with Crippen LogP contribution in [0.2, 0.25) is 0 Å². The zero-order chi connectivity index (χ0) is 27.4. The minimum absolute atomic E-state index is 0.294. The Labute approximate surface area is 222 Å². The molecule has 0 aliphatic carbocycles. The summed E-state index contributed by atoms with van der Waals surface area (Å²) >= 11 is 0. The molecule has 2 aromatic heterocycles.